The van der Waals surface area contributed by atoms with Crippen molar-refractivity contribution in [3.8, 4) is 6.07 Å². The fourth-order valence-electron chi connectivity index (χ4n) is 2.66. The Morgan fingerprint density at radius 1 is 1.15 bits per heavy atom. The number of aryl methyl sites for hydroxylation is 1. The first-order valence-corrected chi connectivity index (χ1v) is 8.95. The van der Waals surface area contributed by atoms with Gasteiger partial charge in [0.15, 0.2) is 0 Å². The van der Waals surface area contributed by atoms with Gasteiger partial charge in [0.05, 0.1) is 19.3 Å². The molecule has 1 N–H and O–H groups in total. The van der Waals surface area contributed by atoms with Crippen molar-refractivity contribution in [2.75, 3.05) is 13.2 Å². The number of nitriles is 1. The quantitative estimate of drug-likeness (QED) is 0.509. The van der Waals surface area contributed by atoms with Crippen molar-refractivity contribution >= 4 is 29.4 Å². The van der Waals surface area contributed by atoms with E-state index in [-0.39, 0.29) is 26.1 Å². The molecule has 0 aromatic heterocycles. The standard InChI is InChI=1S/C19H23ClN2O5/c1-4-26-17(24)19(22-13(3)23,18(25)27-5-2)12-15-11-16(20)9-8-14(15)7-6-10-21/h8-9,11H,4-7,12H2,1-3H3,(H,22,23). The van der Waals surface area contributed by atoms with E-state index in [2.05, 4.69) is 11.4 Å². The molecule has 0 fully saturated rings. The number of nitrogens with one attached hydrogen (secondary N) is 1. The molecule has 0 spiro atoms. The van der Waals surface area contributed by atoms with E-state index in [1.54, 1.807) is 32.0 Å². The fourth-order valence-corrected chi connectivity index (χ4v) is 2.86. The second kappa shape index (κ2) is 10.5. The van der Waals surface area contributed by atoms with E-state index in [0.717, 1.165) is 5.56 Å². The topological polar surface area (TPSA) is 105 Å². The van der Waals surface area contributed by atoms with Crippen molar-refractivity contribution in [2.24, 2.45) is 0 Å². The maximum absolute atomic E-state index is 12.7. The monoisotopic (exact) mass is 394 g/mol. The van der Waals surface area contributed by atoms with Gasteiger partial charge in [0, 0.05) is 24.8 Å². The van der Waals surface area contributed by atoms with Crippen molar-refractivity contribution < 1.29 is 23.9 Å². The highest BCUT2D eigenvalue weighted by molar-refractivity contribution is 6.30. The summed E-state index contributed by atoms with van der Waals surface area (Å²) in [5, 5.41) is 11.7. The van der Waals surface area contributed by atoms with Gasteiger partial charge in [0.1, 0.15) is 0 Å². The number of benzene rings is 1. The fraction of sp³-hybridized carbons (Fsp3) is 0.474. The molecular weight excluding hydrogens is 372 g/mol. The molecule has 0 aliphatic rings. The summed E-state index contributed by atoms with van der Waals surface area (Å²) in [5.74, 6) is -2.41. The van der Waals surface area contributed by atoms with Crippen LogP contribution in [0, 0.1) is 11.3 Å². The number of hydrogen-bond acceptors (Lipinski definition) is 6. The Kier molecular flexibility index (Phi) is 8.76. The van der Waals surface area contributed by atoms with Crippen LogP contribution in [0.15, 0.2) is 18.2 Å². The predicted molar refractivity (Wildman–Crippen MR) is 98.9 cm³/mol. The molecule has 0 aliphatic heterocycles. The van der Waals surface area contributed by atoms with E-state index in [1.165, 1.54) is 6.92 Å². The lowest BCUT2D eigenvalue weighted by molar-refractivity contribution is -0.168. The van der Waals surface area contributed by atoms with E-state index >= 15 is 0 Å². The maximum Gasteiger partial charge on any atom is 0.344 e. The van der Waals surface area contributed by atoms with Crippen LogP contribution >= 0.6 is 11.6 Å². The number of esters is 2. The number of carbonyl (C=O) groups is 3. The lowest BCUT2D eigenvalue weighted by atomic mass is 9.87. The van der Waals surface area contributed by atoms with E-state index in [4.69, 9.17) is 26.3 Å². The van der Waals surface area contributed by atoms with E-state index < -0.39 is 23.4 Å². The van der Waals surface area contributed by atoms with Crippen molar-refractivity contribution in [3.05, 3.63) is 34.3 Å². The predicted octanol–water partition coefficient (Wildman–Crippen LogP) is 2.34. The van der Waals surface area contributed by atoms with Crippen LogP contribution < -0.4 is 5.32 Å². The lowest BCUT2D eigenvalue weighted by Gasteiger charge is -2.30. The second-order valence-corrected chi connectivity index (χ2v) is 6.21. The Morgan fingerprint density at radius 2 is 1.74 bits per heavy atom. The Morgan fingerprint density at radius 3 is 2.22 bits per heavy atom. The first-order valence-electron chi connectivity index (χ1n) is 8.58. The van der Waals surface area contributed by atoms with Crippen LogP contribution in [0.2, 0.25) is 5.02 Å². The number of ether oxygens (including phenoxy) is 2. The van der Waals surface area contributed by atoms with E-state index in [0.29, 0.717) is 17.0 Å². The molecule has 0 saturated heterocycles. The van der Waals surface area contributed by atoms with Crippen LogP contribution in [0.5, 0.6) is 0 Å². The van der Waals surface area contributed by atoms with Crippen molar-refractivity contribution in [2.45, 2.75) is 45.6 Å². The van der Waals surface area contributed by atoms with Gasteiger partial charge in [-0.15, -0.1) is 0 Å². The summed E-state index contributed by atoms with van der Waals surface area (Å²) in [6.07, 6.45) is 0.455. The molecule has 1 rings (SSSR count). The smallest absolute Gasteiger partial charge is 0.344 e. The Bertz CT molecular complexity index is 724. The van der Waals surface area contributed by atoms with Gasteiger partial charge >= 0.3 is 11.9 Å². The van der Waals surface area contributed by atoms with Crippen LogP contribution in [0.1, 0.15) is 38.3 Å². The van der Waals surface area contributed by atoms with Gasteiger partial charge in [-0.1, -0.05) is 17.7 Å². The van der Waals surface area contributed by atoms with Gasteiger partial charge in [0.2, 0.25) is 11.4 Å². The summed E-state index contributed by atoms with van der Waals surface area (Å²) in [6, 6.07) is 7.04. The molecule has 0 radical (unpaired) electrons. The van der Waals surface area contributed by atoms with Crippen LogP contribution in [-0.2, 0) is 36.7 Å². The number of nitrogens with zero attached hydrogens (tertiary/aromatic N) is 1. The third kappa shape index (κ3) is 5.97. The molecule has 1 aromatic carbocycles. The van der Waals surface area contributed by atoms with Gasteiger partial charge in [0.25, 0.3) is 0 Å². The number of halogens is 1. The molecule has 1 amide bonds. The molecule has 0 bridgehead atoms. The van der Waals surface area contributed by atoms with Crippen LogP contribution in [-0.4, -0.2) is 36.6 Å². The zero-order chi connectivity index (χ0) is 20.4. The van der Waals surface area contributed by atoms with Crippen molar-refractivity contribution in [3.63, 3.8) is 0 Å². The normalized spacial score (nSPS) is 10.6. The summed E-state index contributed by atoms with van der Waals surface area (Å²) >= 11 is 6.08. The third-order valence-corrected chi connectivity index (χ3v) is 4.00. The molecule has 0 aliphatic carbocycles. The SMILES string of the molecule is CCOC(=O)C(Cc1cc(Cl)ccc1CCC#N)(NC(C)=O)C(=O)OCC. The highest BCUT2D eigenvalue weighted by Crippen LogP contribution is 2.25. The summed E-state index contributed by atoms with van der Waals surface area (Å²) in [6.45, 7) is 4.44. The number of rotatable bonds is 9. The van der Waals surface area contributed by atoms with Gasteiger partial charge in [-0.25, -0.2) is 9.59 Å². The van der Waals surface area contributed by atoms with Crippen molar-refractivity contribution in [1.29, 1.82) is 5.26 Å². The minimum atomic E-state index is -2.04. The summed E-state index contributed by atoms with van der Waals surface area (Å²) in [5.41, 5.74) is -0.749. The molecule has 1 aromatic rings. The van der Waals surface area contributed by atoms with Gasteiger partial charge < -0.3 is 14.8 Å². The van der Waals surface area contributed by atoms with Crippen molar-refractivity contribution in [1.82, 2.24) is 5.32 Å². The number of carbonyl (C=O) groups excluding carboxylic acids is 3. The van der Waals surface area contributed by atoms with Gasteiger partial charge in [-0.05, 0) is 43.5 Å². The summed E-state index contributed by atoms with van der Waals surface area (Å²) in [4.78, 5) is 37.2. The zero-order valence-electron chi connectivity index (χ0n) is 15.6. The average Bonchev–Trinajstić information content (AvgIpc) is 2.60. The largest absolute Gasteiger partial charge is 0.464 e. The number of hydrogen-bond donors (Lipinski definition) is 1. The zero-order valence-corrected chi connectivity index (χ0v) is 16.4. The molecule has 0 heterocycles. The molecule has 0 unspecified atom stereocenters. The summed E-state index contributed by atoms with van der Waals surface area (Å²) < 4.78 is 10.1. The molecular formula is C19H23ClN2O5. The Hall–Kier alpha value is -2.59. The molecule has 7 nitrogen and oxygen atoms in total. The summed E-state index contributed by atoms with van der Waals surface area (Å²) in [7, 11) is 0. The molecule has 0 saturated carbocycles. The second-order valence-electron chi connectivity index (χ2n) is 5.78. The Balaban J connectivity index is 3.48. The maximum atomic E-state index is 12.7. The highest BCUT2D eigenvalue weighted by Gasteiger charge is 2.50. The lowest BCUT2D eigenvalue weighted by Crippen LogP contribution is -2.62. The van der Waals surface area contributed by atoms with Crippen LogP contribution in [0.4, 0.5) is 0 Å². The average molecular weight is 395 g/mol. The van der Waals surface area contributed by atoms with E-state index in [9.17, 15) is 14.4 Å². The molecule has 8 heteroatoms. The minimum absolute atomic E-state index is 0.0242. The first-order chi connectivity index (χ1) is 12.8. The molecule has 0 atom stereocenters. The number of amides is 1. The van der Waals surface area contributed by atoms with Crippen LogP contribution in [0.3, 0.4) is 0 Å². The van der Waals surface area contributed by atoms with E-state index in [1.807, 2.05) is 0 Å². The van der Waals surface area contributed by atoms with Gasteiger partial charge in [-0.2, -0.15) is 5.26 Å². The van der Waals surface area contributed by atoms with Crippen LogP contribution in [0.25, 0.3) is 0 Å². The Labute approximate surface area is 163 Å². The minimum Gasteiger partial charge on any atom is -0.464 e. The van der Waals surface area contributed by atoms with Gasteiger partial charge in [-0.3, -0.25) is 4.79 Å². The molecule has 27 heavy (non-hydrogen) atoms. The molecule has 146 valence electrons. The first kappa shape index (κ1) is 22.5. The third-order valence-electron chi connectivity index (χ3n) is 3.77. The highest BCUT2D eigenvalue weighted by atomic mass is 35.5.